The van der Waals surface area contributed by atoms with Crippen molar-refractivity contribution < 1.29 is 4.68 Å². The number of aromatic nitrogens is 3. The highest BCUT2D eigenvalue weighted by Crippen LogP contribution is 2.49. The summed E-state index contributed by atoms with van der Waals surface area (Å²) in [5.41, 5.74) is 6.16. The summed E-state index contributed by atoms with van der Waals surface area (Å²) in [6, 6.07) is 0. The van der Waals surface area contributed by atoms with E-state index in [9.17, 15) is 0 Å². The number of fused-ring (bicyclic) bond motifs is 2. The first-order chi connectivity index (χ1) is 9.02. The van der Waals surface area contributed by atoms with Crippen LogP contribution in [0.3, 0.4) is 0 Å². The van der Waals surface area contributed by atoms with E-state index >= 15 is 0 Å². The van der Waals surface area contributed by atoms with E-state index in [1.807, 2.05) is 11.7 Å². The third kappa shape index (κ3) is 1.55. The second kappa shape index (κ2) is 4.00. The summed E-state index contributed by atoms with van der Waals surface area (Å²) in [5.74, 6) is 0.668. The highest BCUT2D eigenvalue weighted by atomic mass is 15.4. The fourth-order valence-electron chi connectivity index (χ4n) is 2.76. The molecule has 0 saturated carbocycles. The Morgan fingerprint density at radius 3 is 2.42 bits per heavy atom. The fourth-order valence-corrected chi connectivity index (χ4v) is 2.76. The molecule has 0 aliphatic carbocycles. The molecule has 19 heavy (non-hydrogen) atoms. The van der Waals surface area contributed by atoms with Crippen LogP contribution in [0.15, 0.2) is 4.99 Å². The van der Waals surface area contributed by atoms with Crippen LogP contribution in [0, 0.1) is 0 Å². The van der Waals surface area contributed by atoms with E-state index in [1.54, 1.807) is 0 Å². The van der Waals surface area contributed by atoms with Gasteiger partial charge in [-0.25, -0.2) is 0 Å². The van der Waals surface area contributed by atoms with Crippen LogP contribution in [0.2, 0.25) is 0 Å². The monoisotopic (exact) mass is 255 g/mol. The molecule has 0 N–H and O–H groups in total. The highest BCUT2D eigenvalue weighted by Gasteiger charge is 2.31. The predicted molar refractivity (Wildman–Crippen MR) is 74.5 cm³/mol. The minimum atomic E-state index is 0.327. The fraction of sp³-hybridized carbons (Fsp3) is 0.500. The molecule has 5 heteroatoms. The van der Waals surface area contributed by atoms with Crippen molar-refractivity contribution in [3.63, 3.8) is 0 Å². The van der Waals surface area contributed by atoms with Crippen molar-refractivity contribution >= 4 is 28.7 Å². The van der Waals surface area contributed by atoms with Gasteiger partial charge < -0.3 is 9.90 Å². The van der Waals surface area contributed by atoms with E-state index in [0.29, 0.717) is 11.8 Å². The maximum absolute atomic E-state index is 4.35. The molecule has 1 aromatic heterocycles. The molecule has 5 nitrogen and oxygen atoms in total. The van der Waals surface area contributed by atoms with E-state index < -0.39 is 0 Å². The van der Waals surface area contributed by atoms with Gasteiger partial charge in [-0.2, -0.15) is 0 Å². The zero-order valence-corrected chi connectivity index (χ0v) is 11.9. The lowest BCUT2D eigenvalue weighted by Gasteiger charge is -2.13. The normalized spacial score (nSPS) is 13.2. The third-order valence-corrected chi connectivity index (χ3v) is 3.55. The average molecular weight is 255 g/mol. The second-order valence-corrected chi connectivity index (χ2v) is 5.57. The van der Waals surface area contributed by atoms with Crippen LogP contribution in [-0.4, -0.2) is 11.4 Å². The largest absolute Gasteiger partial charge is 0.316 e. The molecular weight excluding hydrogens is 238 g/mol. The molecule has 1 aliphatic rings. The van der Waals surface area contributed by atoms with E-state index in [1.165, 1.54) is 0 Å². The molecule has 3 rings (SSSR count). The van der Waals surface area contributed by atoms with Crippen LogP contribution in [0.4, 0.5) is 11.4 Å². The number of benzene rings is 1. The maximum Gasteiger partial charge on any atom is 0.221 e. The van der Waals surface area contributed by atoms with Crippen LogP contribution in [0.1, 0.15) is 50.7 Å². The van der Waals surface area contributed by atoms with E-state index in [2.05, 4.69) is 54.7 Å². The van der Waals surface area contributed by atoms with Gasteiger partial charge in [0.05, 0.1) is 18.2 Å². The molecule has 0 atom stereocenters. The smallest absolute Gasteiger partial charge is 0.221 e. The van der Waals surface area contributed by atoms with Gasteiger partial charge in [-0.05, 0) is 11.8 Å². The highest BCUT2D eigenvalue weighted by molar-refractivity contribution is 6.05. The van der Waals surface area contributed by atoms with Gasteiger partial charge in [0.2, 0.25) is 5.52 Å². The SMILES string of the molecule is CC(C)c1c2c(c(C(C)C)c3c1n[n-][n+]3C)[N-][C+]=N2. The molecule has 0 radical (unpaired) electrons. The van der Waals surface area contributed by atoms with Gasteiger partial charge >= 0.3 is 0 Å². The van der Waals surface area contributed by atoms with Gasteiger partial charge in [0.25, 0.3) is 0 Å². The molecule has 0 spiro atoms. The third-order valence-electron chi connectivity index (χ3n) is 3.55. The van der Waals surface area contributed by atoms with Gasteiger partial charge in [-0.15, -0.1) is 5.10 Å². The van der Waals surface area contributed by atoms with Gasteiger partial charge in [0.1, 0.15) is 11.4 Å². The molecule has 0 saturated heterocycles. The molecule has 2 aromatic rings. The Hall–Kier alpha value is -2.00. The van der Waals surface area contributed by atoms with E-state index in [4.69, 9.17) is 0 Å². The Balaban J connectivity index is 2.51. The summed E-state index contributed by atoms with van der Waals surface area (Å²) >= 11 is 0. The number of hydrogen-bond donors (Lipinski definition) is 0. The minimum Gasteiger partial charge on any atom is -0.316 e. The van der Waals surface area contributed by atoms with Crippen LogP contribution >= 0.6 is 0 Å². The summed E-state index contributed by atoms with van der Waals surface area (Å²) in [6.07, 6.45) is 2.75. The summed E-state index contributed by atoms with van der Waals surface area (Å²) < 4.78 is 1.84. The average Bonchev–Trinajstić information content (AvgIpc) is 2.93. The van der Waals surface area contributed by atoms with Crippen LogP contribution in [0.5, 0.6) is 0 Å². The van der Waals surface area contributed by atoms with Crippen molar-refractivity contribution in [2.45, 2.75) is 39.5 Å². The maximum atomic E-state index is 4.35. The molecule has 0 unspecified atom stereocenters. The lowest BCUT2D eigenvalue weighted by Crippen LogP contribution is -2.33. The quantitative estimate of drug-likeness (QED) is 0.612. The van der Waals surface area contributed by atoms with Crippen molar-refractivity contribution in [2.75, 3.05) is 0 Å². The topological polar surface area (TPSA) is 57.3 Å². The Morgan fingerprint density at radius 1 is 1.11 bits per heavy atom. The first-order valence-electron chi connectivity index (χ1n) is 6.58. The second-order valence-electron chi connectivity index (χ2n) is 5.57. The Kier molecular flexibility index (Phi) is 2.54. The van der Waals surface area contributed by atoms with Gasteiger partial charge in [-0.1, -0.05) is 27.7 Å². The van der Waals surface area contributed by atoms with E-state index in [0.717, 1.165) is 33.5 Å². The Labute approximate surface area is 112 Å². The van der Waals surface area contributed by atoms with Gasteiger partial charge in [0, 0.05) is 6.34 Å². The molecule has 0 fully saturated rings. The van der Waals surface area contributed by atoms with Crippen molar-refractivity contribution in [3.05, 3.63) is 16.4 Å². The van der Waals surface area contributed by atoms with Crippen molar-refractivity contribution in [3.8, 4) is 0 Å². The minimum absolute atomic E-state index is 0.327. The summed E-state index contributed by atoms with van der Waals surface area (Å²) in [5, 5.41) is 12.9. The summed E-state index contributed by atoms with van der Waals surface area (Å²) in [6.45, 7) is 8.61. The van der Waals surface area contributed by atoms with Crippen molar-refractivity contribution in [1.82, 2.24) is 10.3 Å². The van der Waals surface area contributed by atoms with E-state index in [-0.39, 0.29) is 0 Å². The molecule has 2 heterocycles. The van der Waals surface area contributed by atoms with Crippen molar-refractivity contribution in [2.24, 2.45) is 12.0 Å². The standard InChI is InChI=1S/C14H17N5/c1-7(2)9-11-12(16-6-15-11)10(8(3)4)14-13(9)17-18-19(14)5/h7-8H,1-5H3. The Morgan fingerprint density at radius 2 is 1.79 bits per heavy atom. The molecule has 0 amide bonds. The first kappa shape index (κ1) is 12.1. The van der Waals surface area contributed by atoms with Crippen LogP contribution < -0.4 is 9.90 Å². The van der Waals surface area contributed by atoms with Crippen LogP contribution in [0.25, 0.3) is 16.4 Å². The predicted octanol–water partition coefficient (Wildman–Crippen LogP) is 2.82. The number of aliphatic imine (C=N–C) groups is 1. The molecular formula is C14H17N5. The number of hydrogen-bond acceptors (Lipinski definition) is 2. The van der Waals surface area contributed by atoms with Crippen LogP contribution in [-0.2, 0) is 7.05 Å². The van der Waals surface area contributed by atoms with Crippen molar-refractivity contribution in [1.29, 1.82) is 0 Å². The first-order valence-corrected chi connectivity index (χ1v) is 6.58. The zero-order valence-electron chi connectivity index (χ0n) is 11.9. The number of rotatable bonds is 2. The zero-order chi connectivity index (χ0) is 13.7. The van der Waals surface area contributed by atoms with Gasteiger partial charge in [-0.3, -0.25) is 10.3 Å². The van der Waals surface area contributed by atoms with Gasteiger partial charge in [0.15, 0.2) is 5.52 Å². The number of nitrogens with zero attached hydrogens (tertiary/aromatic N) is 5. The molecule has 1 aliphatic heterocycles. The lowest BCUT2D eigenvalue weighted by atomic mass is 9.91. The number of aryl methyl sites for hydroxylation is 1. The lowest BCUT2D eigenvalue weighted by molar-refractivity contribution is -0.712. The molecule has 1 aromatic carbocycles. The molecule has 98 valence electrons. The molecule has 0 bridgehead atoms. The Bertz CT molecular complexity index is 679. The summed E-state index contributed by atoms with van der Waals surface area (Å²) in [4.78, 5) is 4.33. The summed E-state index contributed by atoms with van der Waals surface area (Å²) in [7, 11) is 1.93.